The zero-order chi connectivity index (χ0) is 23.0. The summed E-state index contributed by atoms with van der Waals surface area (Å²) in [6, 6.07) is 3.96. The van der Waals surface area contributed by atoms with Crippen LogP contribution in [-0.2, 0) is 14.7 Å². The first-order valence-corrected chi connectivity index (χ1v) is 10.6. The second-order valence-electron chi connectivity index (χ2n) is 9.07. The summed E-state index contributed by atoms with van der Waals surface area (Å²) in [5.41, 5.74) is 1.84. The Morgan fingerprint density at radius 3 is 2.81 bits per heavy atom. The summed E-state index contributed by atoms with van der Waals surface area (Å²) in [6.45, 7) is 4.96. The second kappa shape index (κ2) is 8.52. The molecule has 0 spiro atoms. The van der Waals surface area contributed by atoms with E-state index in [9.17, 15) is 5.26 Å². The van der Waals surface area contributed by atoms with Gasteiger partial charge in [0.05, 0.1) is 31.6 Å². The van der Waals surface area contributed by atoms with Gasteiger partial charge in [-0.15, -0.1) is 5.10 Å². The van der Waals surface area contributed by atoms with Gasteiger partial charge < -0.3 is 24.1 Å². The number of methoxy groups -OCH3 is 1. The molecule has 164 valence electrons. The molecule has 0 radical (unpaired) electrons. The van der Waals surface area contributed by atoms with Crippen molar-refractivity contribution < 1.29 is 14.2 Å². The fraction of sp³-hybridized carbons (Fsp3) is 0.474. The Labute approximate surface area is 189 Å². The number of hydrogen-bond acceptors (Lipinski definition) is 8. The summed E-state index contributed by atoms with van der Waals surface area (Å²) >= 11 is 0. The molecule has 1 unspecified atom stereocenters. The molecule has 3 atom stereocenters. The Morgan fingerprint density at radius 2 is 2.22 bits per heavy atom. The fourth-order valence-corrected chi connectivity index (χ4v) is 3.55. The highest BCUT2D eigenvalue weighted by Gasteiger charge is 2.32. The number of fused-ring (bicyclic) bond motifs is 1. The highest BCUT2D eigenvalue weighted by Crippen LogP contribution is 2.31. The van der Waals surface area contributed by atoms with Crippen LogP contribution in [-0.4, -0.2) is 80.4 Å². The number of nitrogens with one attached hydrogen (secondary N) is 1. The molecular formula is C19H26B3N7O3. The van der Waals surface area contributed by atoms with Gasteiger partial charge in [0.25, 0.3) is 5.88 Å². The molecule has 1 fully saturated rings. The molecular weight excluding hydrogens is 407 g/mol. The fourth-order valence-electron chi connectivity index (χ4n) is 3.55. The lowest BCUT2D eigenvalue weighted by Crippen LogP contribution is -2.47. The molecule has 32 heavy (non-hydrogen) atoms. The molecule has 3 aromatic rings. The van der Waals surface area contributed by atoms with Crippen molar-refractivity contribution in [2.45, 2.75) is 37.3 Å². The zero-order valence-electron chi connectivity index (χ0n) is 19.3. The minimum Gasteiger partial charge on any atom is -0.467 e. The van der Waals surface area contributed by atoms with Crippen LogP contribution in [0.15, 0.2) is 18.5 Å². The van der Waals surface area contributed by atoms with E-state index in [4.69, 9.17) is 19.2 Å². The topological polar surface area (TPSA) is 112 Å². The molecule has 0 bridgehead atoms. The van der Waals surface area contributed by atoms with Gasteiger partial charge in [-0.1, -0.05) is 0 Å². The van der Waals surface area contributed by atoms with Crippen LogP contribution >= 0.6 is 0 Å². The van der Waals surface area contributed by atoms with Gasteiger partial charge in [0, 0.05) is 18.7 Å². The standard InChI is InChI=1S/C19H26B3N7O3/c1-10(8-30-3)29-13(5-23)4-12-6-24-18(26-16(12)29)25-14-7-28(19(20,21)22)27-17(14)32-15-9-31-11(15)2/h4,6-7,10-11,15H,8-9,20-22H2,1-3H3,(H,24,25,26)/t10-,11+,15?/m0/s1. The lowest BCUT2D eigenvalue weighted by atomic mass is 9.49. The minimum absolute atomic E-state index is 0.0187. The van der Waals surface area contributed by atoms with Crippen LogP contribution < -0.4 is 10.1 Å². The number of hydrogen-bond donors (Lipinski definition) is 1. The molecule has 1 aliphatic rings. The van der Waals surface area contributed by atoms with E-state index in [1.165, 1.54) is 0 Å². The Bertz CT molecular complexity index is 1170. The van der Waals surface area contributed by atoms with Gasteiger partial charge in [-0.25, -0.2) is 4.98 Å². The van der Waals surface area contributed by atoms with Gasteiger partial charge in [-0.3, -0.25) is 4.68 Å². The van der Waals surface area contributed by atoms with E-state index >= 15 is 0 Å². The SMILES string of the molecule is BC(B)(B)n1cc(Nc2ncc3cc(C#N)n([C@@H](C)COC)c3n2)c(OC2CO[C@@H]2C)n1. The third kappa shape index (κ3) is 4.20. The maximum Gasteiger partial charge on any atom is 0.257 e. The van der Waals surface area contributed by atoms with Gasteiger partial charge in [0.1, 0.15) is 52.7 Å². The molecule has 0 saturated carbocycles. The highest BCUT2D eigenvalue weighted by molar-refractivity contribution is 6.56. The van der Waals surface area contributed by atoms with E-state index in [0.717, 1.165) is 5.39 Å². The Hall–Kier alpha value is -2.97. The molecule has 4 rings (SSSR count). The molecule has 1 aliphatic heterocycles. The van der Waals surface area contributed by atoms with Gasteiger partial charge in [-0.2, -0.15) is 10.2 Å². The van der Waals surface area contributed by atoms with E-state index < -0.39 is 0 Å². The molecule has 10 nitrogen and oxygen atoms in total. The van der Waals surface area contributed by atoms with E-state index in [2.05, 4.69) is 45.0 Å². The second-order valence-corrected chi connectivity index (χ2v) is 9.07. The summed E-state index contributed by atoms with van der Waals surface area (Å²) in [5.74, 6) is 0.867. The van der Waals surface area contributed by atoms with E-state index in [1.54, 1.807) is 19.4 Å². The van der Waals surface area contributed by atoms with Crippen LogP contribution in [0.1, 0.15) is 25.6 Å². The molecule has 0 aromatic carbocycles. The lowest BCUT2D eigenvalue weighted by molar-refractivity contribution is -0.140. The highest BCUT2D eigenvalue weighted by atomic mass is 16.6. The number of ether oxygens (including phenoxy) is 3. The third-order valence-electron chi connectivity index (χ3n) is 5.46. The van der Waals surface area contributed by atoms with Crippen LogP contribution in [0.25, 0.3) is 11.0 Å². The van der Waals surface area contributed by atoms with Gasteiger partial charge in [0.2, 0.25) is 5.95 Å². The molecule has 1 saturated heterocycles. The average molecular weight is 433 g/mol. The number of anilines is 2. The molecule has 1 N–H and O–H groups in total. The monoisotopic (exact) mass is 433 g/mol. The first kappa shape index (κ1) is 22.2. The zero-order valence-corrected chi connectivity index (χ0v) is 19.3. The number of aromatic nitrogens is 5. The Morgan fingerprint density at radius 1 is 1.44 bits per heavy atom. The Balaban J connectivity index is 1.70. The van der Waals surface area contributed by atoms with Crippen molar-refractivity contribution in [3.63, 3.8) is 0 Å². The van der Waals surface area contributed by atoms with Crippen molar-refractivity contribution in [2.75, 3.05) is 25.6 Å². The average Bonchev–Trinajstić information content (AvgIpc) is 3.31. The molecule has 0 amide bonds. The van der Waals surface area contributed by atoms with E-state index in [-0.39, 0.29) is 23.5 Å². The minimum atomic E-state index is -0.226. The van der Waals surface area contributed by atoms with Crippen molar-refractivity contribution in [1.82, 2.24) is 24.3 Å². The predicted octanol–water partition coefficient (Wildman–Crippen LogP) is -0.916. The van der Waals surface area contributed by atoms with Crippen molar-refractivity contribution >= 4 is 46.2 Å². The van der Waals surface area contributed by atoms with Crippen LogP contribution in [0.2, 0.25) is 0 Å². The molecule has 3 aromatic heterocycles. The summed E-state index contributed by atoms with van der Waals surface area (Å²) in [5, 5.41) is 18.0. The van der Waals surface area contributed by atoms with Crippen LogP contribution in [0.3, 0.4) is 0 Å². The summed E-state index contributed by atoms with van der Waals surface area (Å²) in [7, 11) is 7.84. The van der Waals surface area contributed by atoms with E-state index in [1.807, 2.05) is 29.3 Å². The van der Waals surface area contributed by atoms with Gasteiger partial charge >= 0.3 is 0 Å². The summed E-state index contributed by atoms with van der Waals surface area (Å²) < 4.78 is 20.5. The molecule has 0 aliphatic carbocycles. The predicted molar refractivity (Wildman–Crippen MR) is 128 cm³/mol. The first-order valence-electron chi connectivity index (χ1n) is 10.6. The summed E-state index contributed by atoms with van der Waals surface area (Å²) in [4.78, 5) is 9.14. The quantitative estimate of drug-likeness (QED) is 0.455. The van der Waals surface area contributed by atoms with Gasteiger partial charge in [-0.05, 0) is 25.2 Å². The normalized spacial score (nSPS) is 19.3. The number of nitrogens with zero attached hydrogens (tertiary/aromatic N) is 6. The Kier molecular flexibility index (Phi) is 5.92. The van der Waals surface area contributed by atoms with Crippen molar-refractivity contribution in [2.24, 2.45) is 0 Å². The van der Waals surface area contributed by atoms with Crippen molar-refractivity contribution in [3.05, 3.63) is 24.2 Å². The van der Waals surface area contributed by atoms with Gasteiger partial charge in [0.15, 0.2) is 0 Å². The molecule has 13 heteroatoms. The maximum absolute atomic E-state index is 9.58. The van der Waals surface area contributed by atoms with Crippen molar-refractivity contribution in [1.29, 1.82) is 5.26 Å². The first-order chi connectivity index (χ1) is 15.2. The van der Waals surface area contributed by atoms with Crippen LogP contribution in [0, 0.1) is 11.3 Å². The van der Waals surface area contributed by atoms with Crippen LogP contribution in [0.5, 0.6) is 5.88 Å². The van der Waals surface area contributed by atoms with Crippen LogP contribution in [0.4, 0.5) is 11.6 Å². The smallest absolute Gasteiger partial charge is 0.257 e. The third-order valence-corrected chi connectivity index (χ3v) is 5.46. The largest absolute Gasteiger partial charge is 0.467 e. The number of rotatable bonds is 8. The maximum atomic E-state index is 9.58. The van der Waals surface area contributed by atoms with E-state index in [0.29, 0.717) is 42.1 Å². The summed E-state index contributed by atoms with van der Waals surface area (Å²) in [6.07, 6.45) is 3.57. The van der Waals surface area contributed by atoms with Crippen molar-refractivity contribution in [3.8, 4) is 11.9 Å². The molecule has 4 heterocycles. The lowest BCUT2D eigenvalue weighted by Gasteiger charge is -2.33. The number of nitriles is 1.